The second-order valence-corrected chi connectivity index (χ2v) is 5.14. The van der Waals surface area contributed by atoms with Crippen molar-refractivity contribution in [3.8, 4) is 0 Å². The van der Waals surface area contributed by atoms with Crippen molar-refractivity contribution in [1.82, 2.24) is 24.7 Å². The summed E-state index contributed by atoms with van der Waals surface area (Å²) >= 11 is 1.20. The number of fused-ring (bicyclic) bond motifs is 1. The van der Waals surface area contributed by atoms with Crippen LogP contribution < -0.4 is 5.69 Å². The number of aromatic carboxylic acids is 1. The topological polar surface area (TPSA) is 114 Å². The Hall–Kier alpha value is -2.68. The predicted molar refractivity (Wildman–Crippen MR) is 74.4 cm³/mol. The number of nitrogens with zero attached hydrogens (tertiary/aromatic N) is 4. The first-order valence-corrected chi connectivity index (χ1v) is 6.65. The third-order valence-electron chi connectivity index (χ3n) is 2.87. The summed E-state index contributed by atoms with van der Waals surface area (Å²) in [6.45, 7) is 0. The molecule has 0 spiro atoms. The fourth-order valence-corrected chi connectivity index (χ4v) is 2.62. The summed E-state index contributed by atoms with van der Waals surface area (Å²) in [5.74, 6) is -1.01. The molecular weight excluding hydrogens is 294 g/mol. The average Bonchev–Trinajstić information content (AvgIpc) is 2.79. The third kappa shape index (κ3) is 2.38. The zero-order chi connectivity index (χ0) is 15.0. The molecule has 2 heterocycles. The maximum absolute atomic E-state index is 11.3. The molecule has 9 heteroatoms. The Morgan fingerprint density at radius 1 is 1.38 bits per heavy atom. The lowest BCUT2D eigenvalue weighted by Crippen LogP contribution is -2.12. The molecule has 3 rings (SSSR count). The van der Waals surface area contributed by atoms with Gasteiger partial charge in [-0.15, -0.1) is 5.10 Å². The Labute approximate surface area is 121 Å². The number of rotatable bonds is 3. The number of carboxylic acid groups (broad SMARTS) is 1. The van der Waals surface area contributed by atoms with Gasteiger partial charge in [0, 0.05) is 12.4 Å². The Balaban J connectivity index is 2.09. The molecule has 0 saturated heterocycles. The van der Waals surface area contributed by atoms with Crippen LogP contribution >= 0.6 is 11.8 Å². The van der Waals surface area contributed by atoms with E-state index in [1.807, 2.05) is 0 Å². The molecule has 8 nitrogen and oxygen atoms in total. The number of aromatic amines is 1. The van der Waals surface area contributed by atoms with Crippen LogP contribution in [-0.4, -0.2) is 35.8 Å². The molecule has 1 aromatic carbocycles. The van der Waals surface area contributed by atoms with E-state index in [0.29, 0.717) is 21.1 Å². The van der Waals surface area contributed by atoms with Crippen LogP contribution in [-0.2, 0) is 7.05 Å². The van der Waals surface area contributed by atoms with E-state index in [1.165, 1.54) is 34.8 Å². The van der Waals surface area contributed by atoms with E-state index < -0.39 is 5.97 Å². The van der Waals surface area contributed by atoms with E-state index in [0.717, 1.165) is 0 Å². The second kappa shape index (κ2) is 5.02. The highest BCUT2D eigenvalue weighted by atomic mass is 32.2. The number of hydrogen-bond acceptors (Lipinski definition) is 6. The van der Waals surface area contributed by atoms with E-state index in [4.69, 9.17) is 5.11 Å². The molecule has 0 radical (unpaired) electrons. The number of benzene rings is 1. The fraction of sp³-hybridized carbons (Fsp3) is 0.0833. The molecule has 0 atom stereocenters. The largest absolute Gasteiger partial charge is 0.478 e. The van der Waals surface area contributed by atoms with Gasteiger partial charge >= 0.3 is 11.7 Å². The Bertz CT molecular complexity index is 901. The van der Waals surface area contributed by atoms with Gasteiger partial charge in [-0.05, 0) is 30.0 Å². The number of nitrogens with one attached hydrogen (secondary N) is 1. The van der Waals surface area contributed by atoms with Gasteiger partial charge in [-0.1, -0.05) is 0 Å². The van der Waals surface area contributed by atoms with Gasteiger partial charge in [0.25, 0.3) is 0 Å². The van der Waals surface area contributed by atoms with Crippen molar-refractivity contribution in [2.24, 2.45) is 7.05 Å². The number of carbonyl (C=O) groups is 1. The maximum Gasteiger partial charge on any atom is 0.343 e. The summed E-state index contributed by atoms with van der Waals surface area (Å²) in [6.07, 6.45) is 1.35. The Morgan fingerprint density at radius 3 is 2.86 bits per heavy atom. The van der Waals surface area contributed by atoms with Crippen LogP contribution in [0.4, 0.5) is 0 Å². The summed E-state index contributed by atoms with van der Waals surface area (Å²) in [4.78, 5) is 30.5. The third-order valence-corrected chi connectivity index (χ3v) is 3.94. The first kappa shape index (κ1) is 13.3. The lowest BCUT2D eigenvalue weighted by molar-refractivity contribution is 0.0697. The number of H-pyrrole nitrogens is 1. The van der Waals surface area contributed by atoms with E-state index in [9.17, 15) is 9.59 Å². The molecule has 0 aliphatic heterocycles. The molecule has 0 saturated carbocycles. The minimum Gasteiger partial charge on any atom is -0.478 e. The first-order valence-electron chi connectivity index (χ1n) is 5.83. The van der Waals surface area contributed by atoms with Crippen molar-refractivity contribution >= 4 is 28.6 Å². The van der Waals surface area contributed by atoms with Crippen LogP contribution in [0.2, 0.25) is 0 Å². The van der Waals surface area contributed by atoms with Crippen molar-refractivity contribution in [3.05, 3.63) is 40.6 Å². The van der Waals surface area contributed by atoms with Gasteiger partial charge in [0.05, 0.1) is 11.1 Å². The van der Waals surface area contributed by atoms with Crippen molar-refractivity contribution in [2.45, 2.75) is 10.2 Å². The molecule has 0 amide bonds. The van der Waals surface area contributed by atoms with Crippen molar-refractivity contribution in [1.29, 1.82) is 0 Å². The highest BCUT2D eigenvalue weighted by Crippen LogP contribution is 2.29. The van der Waals surface area contributed by atoms with Gasteiger partial charge in [0.2, 0.25) is 0 Å². The molecule has 0 fully saturated rings. The lowest BCUT2D eigenvalue weighted by atomic mass is 10.1. The quantitative estimate of drug-likeness (QED) is 0.691. The SMILES string of the molecule is Cn1c(Sc2ncnc3cc(C(=O)O)ccc23)n[nH]c1=O. The summed E-state index contributed by atoms with van der Waals surface area (Å²) < 4.78 is 1.37. The molecular formula is C12H9N5O3S. The molecule has 21 heavy (non-hydrogen) atoms. The zero-order valence-electron chi connectivity index (χ0n) is 10.8. The highest BCUT2D eigenvalue weighted by Gasteiger charge is 2.12. The molecule has 0 unspecified atom stereocenters. The smallest absolute Gasteiger partial charge is 0.343 e. The highest BCUT2D eigenvalue weighted by molar-refractivity contribution is 7.99. The van der Waals surface area contributed by atoms with E-state index >= 15 is 0 Å². The number of hydrogen-bond donors (Lipinski definition) is 2. The van der Waals surface area contributed by atoms with Crippen LogP contribution in [0.1, 0.15) is 10.4 Å². The van der Waals surface area contributed by atoms with Gasteiger partial charge < -0.3 is 5.11 Å². The second-order valence-electron chi connectivity index (χ2n) is 4.19. The van der Waals surface area contributed by atoms with Gasteiger partial charge in [-0.3, -0.25) is 4.57 Å². The van der Waals surface area contributed by atoms with E-state index in [1.54, 1.807) is 13.1 Å². The minimum absolute atomic E-state index is 0.157. The summed E-state index contributed by atoms with van der Waals surface area (Å²) in [6, 6.07) is 4.61. The van der Waals surface area contributed by atoms with Crippen LogP contribution in [0.3, 0.4) is 0 Å². The fourth-order valence-electron chi connectivity index (χ4n) is 1.76. The molecule has 2 aromatic heterocycles. The standard InChI is InChI=1S/C12H9N5O3S/c1-17-11(20)15-16-12(17)21-9-7-3-2-6(10(18)19)4-8(7)13-5-14-9/h2-5H,1H3,(H,15,20)(H,18,19). The molecule has 3 aromatic rings. The molecule has 0 aliphatic carbocycles. The Kier molecular flexibility index (Phi) is 3.18. The monoisotopic (exact) mass is 303 g/mol. The molecule has 0 aliphatic rings. The van der Waals surface area contributed by atoms with Crippen molar-refractivity contribution in [2.75, 3.05) is 0 Å². The first-order chi connectivity index (χ1) is 10.1. The Morgan fingerprint density at radius 2 is 2.19 bits per heavy atom. The van der Waals surface area contributed by atoms with Gasteiger partial charge in [0.15, 0.2) is 5.16 Å². The van der Waals surface area contributed by atoms with E-state index in [-0.39, 0.29) is 11.3 Å². The number of carboxylic acids is 1. The van der Waals surface area contributed by atoms with Crippen LogP contribution in [0.5, 0.6) is 0 Å². The van der Waals surface area contributed by atoms with Gasteiger partial charge in [-0.2, -0.15) is 0 Å². The zero-order valence-corrected chi connectivity index (χ0v) is 11.6. The van der Waals surface area contributed by atoms with Crippen molar-refractivity contribution in [3.63, 3.8) is 0 Å². The minimum atomic E-state index is -1.01. The van der Waals surface area contributed by atoms with Crippen LogP contribution in [0.25, 0.3) is 10.9 Å². The van der Waals surface area contributed by atoms with Crippen molar-refractivity contribution < 1.29 is 9.90 Å². The molecule has 106 valence electrons. The maximum atomic E-state index is 11.3. The van der Waals surface area contributed by atoms with Gasteiger partial charge in [-0.25, -0.2) is 24.7 Å². The summed E-state index contributed by atoms with van der Waals surface area (Å²) in [7, 11) is 1.60. The average molecular weight is 303 g/mol. The summed E-state index contributed by atoms with van der Waals surface area (Å²) in [5, 5.41) is 17.0. The van der Waals surface area contributed by atoms with Gasteiger partial charge in [0.1, 0.15) is 11.4 Å². The predicted octanol–water partition coefficient (Wildman–Crippen LogP) is 0.901. The number of aromatic nitrogens is 5. The van der Waals surface area contributed by atoms with Crippen LogP contribution in [0, 0.1) is 0 Å². The normalized spacial score (nSPS) is 10.9. The molecule has 2 N–H and O–H groups in total. The molecule has 0 bridgehead atoms. The van der Waals surface area contributed by atoms with E-state index in [2.05, 4.69) is 20.2 Å². The summed E-state index contributed by atoms with van der Waals surface area (Å²) in [5.41, 5.74) is 0.362. The van der Waals surface area contributed by atoms with Crippen LogP contribution in [0.15, 0.2) is 39.5 Å². The lowest BCUT2D eigenvalue weighted by Gasteiger charge is -2.04.